The maximum Gasteiger partial charge on any atom is -0.0264 e. The lowest BCUT2D eigenvalue weighted by Crippen LogP contribution is -2.37. The van der Waals surface area contributed by atoms with Gasteiger partial charge in [-0.1, -0.05) is 13.8 Å². The highest BCUT2D eigenvalue weighted by Crippen LogP contribution is 2.74. The molecule has 2 bridgehead atoms. The SMILES string of the molecule is CC1C2CC1(C)C1CCC21. The third kappa shape index (κ3) is 0.339. The average Bonchev–Trinajstić information content (AvgIpc) is 2.08. The minimum Gasteiger partial charge on any atom is -0.0617 e. The van der Waals surface area contributed by atoms with Crippen LogP contribution >= 0.6 is 0 Å². The van der Waals surface area contributed by atoms with Crippen LogP contribution in [0.25, 0.3) is 0 Å². The largest absolute Gasteiger partial charge is 0.0617 e. The maximum atomic E-state index is 2.53. The molecule has 0 radical (unpaired) electrons. The van der Waals surface area contributed by atoms with Crippen LogP contribution in [-0.2, 0) is 0 Å². The molecule has 0 heterocycles. The lowest BCUT2D eigenvalue weighted by molar-refractivity contribution is 0.0400. The summed E-state index contributed by atoms with van der Waals surface area (Å²) in [5.41, 5.74) is 0.813. The van der Waals surface area contributed by atoms with Crippen LogP contribution in [0.3, 0.4) is 0 Å². The minimum absolute atomic E-state index is 0.813. The summed E-state index contributed by atoms with van der Waals surface area (Å²) in [6.07, 6.45) is 4.70. The molecule has 56 valence electrons. The summed E-state index contributed by atoms with van der Waals surface area (Å²) in [5, 5.41) is 0. The monoisotopic (exact) mass is 136 g/mol. The first-order chi connectivity index (χ1) is 4.73. The summed E-state index contributed by atoms with van der Waals surface area (Å²) in [6, 6.07) is 0. The van der Waals surface area contributed by atoms with Crippen molar-refractivity contribution in [2.75, 3.05) is 0 Å². The Kier molecular flexibility index (Phi) is 0.735. The normalized spacial score (nSPS) is 70.2. The fourth-order valence-corrected chi connectivity index (χ4v) is 4.07. The van der Waals surface area contributed by atoms with E-state index in [0.717, 1.165) is 23.2 Å². The van der Waals surface area contributed by atoms with Gasteiger partial charge in [-0.3, -0.25) is 0 Å². The molecule has 4 aliphatic carbocycles. The van der Waals surface area contributed by atoms with Crippen molar-refractivity contribution in [3.8, 4) is 0 Å². The van der Waals surface area contributed by atoms with Crippen molar-refractivity contribution in [2.45, 2.75) is 33.1 Å². The summed E-state index contributed by atoms with van der Waals surface area (Å²) in [5.74, 6) is 4.57. The molecule has 0 amide bonds. The summed E-state index contributed by atoms with van der Waals surface area (Å²) in [7, 11) is 0. The molecule has 0 spiro atoms. The van der Waals surface area contributed by atoms with Gasteiger partial charge in [-0.25, -0.2) is 0 Å². The average molecular weight is 136 g/mol. The Morgan fingerprint density at radius 1 is 1.20 bits per heavy atom. The van der Waals surface area contributed by atoms with Gasteiger partial charge < -0.3 is 0 Å². The summed E-state index contributed by atoms with van der Waals surface area (Å²) in [4.78, 5) is 0. The van der Waals surface area contributed by atoms with E-state index in [0.29, 0.717) is 0 Å². The second-order valence-corrected chi connectivity index (χ2v) is 5.01. The molecule has 0 aromatic heterocycles. The minimum atomic E-state index is 0.813. The first-order valence-electron chi connectivity index (χ1n) is 4.73. The lowest BCUT2D eigenvalue weighted by Gasteiger charge is -2.45. The second-order valence-electron chi connectivity index (χ2n) is 5.01. The maximum absolute atomic E-state index is 2.53. The molecule has 10 heavy (non-hydrogen) atoms. The molecule has 5 unspecified atom stereocenters. The van der Waals surface area contributed by atoms with Crippen LogP contribution in [-0.4, -0.2) is 0 Å². The highest BCUT2D eigenvalue weighted by molar-refractivity contribution is 5.16. The molecule has 0 heteroatoms. The van der Waals surface area contributed by atoms with E-state index in [4.69, 9.17) is 0 Å². The number of hydrogen-bond donors (Lipinski definition) is 0. The molecule has 4 rings (SSSR count). The van der Waals surface area contributed by atoms with Crippen LogP contribution in [0.4, 0.5) is 0 Å². The van der Waals surface area contributed by atoms with Gasteiger partial charge in [0, 0.05) is 0 Å². The topological polar surface area (TPSA) is 0 Å². The quantitative estimate of drug-likeness (QED) is 0.480. The molecular weight excluding hydrogens is 120 g/mol. The van der Waals surface area contributed by atoms with E-state index in [9.17, 15) is 0 Å². The molecule has 0 aliphatic heterocycles. The van der Waals surface area contributed by atoms with E-state index >= 15 is 0 Å². The van der Waals surface area contributed by atoms with Gasteiger partial charge in [-0.15, -0.1) is 0 Å². The van der Waals surface area contributed by atoms with Crippen molar-refractivity contribution >= 4 is 0 Å². The first-order valence-corrected chi connectivity index (χ1v) is 4.73. The fraction of sp³-hybridized carbons (Fsp3) is 1.00. The van der Waals surface area contributed by atoms with Crippen LogP contribution in [0.5, 0.6) is 0 Å². The van der Waals surface area contributed by atoms with Crippen molar-refractivity contribution in [3.05, 3.63) is 0 Å². The van der Waals surface area contributed by atoms with Crippen LogP contribution in [0.1, 0.15) is 33.1 Å². The molecule has 0 saturated heterocycles. The van der Waals surface area contributed by atoms with E-state index in [-0.39, 0.29) is 0 Å². The van der Waals surface area contributed by atoms with E-state index in [1.165, 1.54) is 5.92 Å². The molecule has 0 nitrogen and oxygen atoms in total. The summed E-state index contributed by atoms with van der Waals surface area (Å²) >= 11 is 0. The van der Waals surface area contributed by atoms with Gasteiger partial charge in [0.05, 0.1) is 0 Å². The number of hydrogen-bond acceptors (Lipinski definition) is 0. The van der Waals surface area contributed by atoms with Crippen LogP contribution in [0.2, 0.25) is 0 Å². The highest BCUT2D eigenvalue weighted by Gasteiger charge is 2.67. The highest BCUT2D eigenvalue weighted by atomic mass is 14.7. The Balaban J connectivity index is 2.01. The van der Waals surface area contributed by atoms with E-state index in [1.54, 1.807) is 19.3 Å². The van der Waals surface area contributed by atoms with Gasteiger partial charge in [-0.2, -0.15) is 0 Å². The van der Waals surface area contributed by atoms with Gasteiger partial charge >= 0.3 is 0 Å². The predicted molar refractivity (Wildman–Crippen MR) is 41.6 cm³/mol. The van der Waals surface area contributed by atoms with E-state index in [2.05, 4.69) is 13.8 Å². The van der Waals surface area contributed by atoms with Gasteiger partial charge in [0.1, 0.15) is 0 Å². The molecule has 4 saturated carbocycles. The molecule has 4 aliphatic rings. The lowest BCUT2D eigenvalue weighted by atomic mass is 9.60. The third-order valence-corrected chi connectivity index (χ3v) is 5.08. The smallest absolute Gasteiger partial charge is 0.0264 e. The molecule has 0 aromatic carbocycles. The molecule has 5 atom stereocenters. The Labute approximate surface area is 63.0 Å². The number of rotatable bonds is 0. The molecule has 0 N–H and O–H groups in total. The van der Waals surface area contributed by atoms with Crippen molar-refractivity contribution in [3.63, 3.8) is 0 Å². The van der Waals surface area contributed by atoms with E-state index < -0.39 is 0 Å². The van der Waals surface area contributed by atoms with Gasteiger partial charge in [-0.05, 0) is 48.3 Å². The van der Waals surface area contributed by atoms with E-state index in [1.807, 2.05) is 0 Å². The summed E-state index contributed by atoms with van der Waals surface area (Å²) < 4.78 is 0. The second kappa shape index (κ2) is 1.31. The van der Waals surface area contributed by atoms with Crippen molar-refractivity contribution < 1.29 is 0 Å². The standard InChI is InChI=1S/C10H16/c1-6-8-5-10(6,2)9-4-3-7(8)9/h6-9H,3-5H2,1-2H3. The Hall–Kier alpha value is 0. The Morgan fingerprint density at radius 3 is 2.20 bits per heavy atom. The predicted octanol–water partition coefficient (Wildman–Crippen LogP) is 2.69. The van der Waals surface area contributed by atoms with Crippen molar-refractivity contribution in [2.24, 2.45) is 29.1 Å². The zero-order valence-electron chi connectivity index (χ0n) is 6.93. The van der Waals surface area contributed by atoms with Gasteiger partial charge in [0.15, 0.2) is 0 Å². The van der Waals surface area contributed by atoms with Crippen molar-refractivity contribution in [1.29, 1.82) is 0 Å². The summed E-state index contributed by atoms with van der Waals surface area (Å²) in [6.45, 7) is 5.00. The zero-order valence-corrected chi connectivity index (χ0v) is 6.93. The van der Waals surface area contributed by atoms with Crippen LogP contribution in [0, 0.1) is 29.1 Å². The fourth-order valence-electron chi connectivity index (χ4n) is 4.07. The third-order valence-electron chi connectivity index (χ3n) is 5.08. The van der Waals surface area contributed by atoms with Gasteiger partial charge in [0.2, 0.25) is 0 Å². The Morgan fingerprint density at radius 2 is 2.00 bits per heavy atom. The Bertz CT molecular complexity index is 182. The molecular formula is C10H16. The molecule has 0 aromatic rings. The first kappa shape index (κ1) is 5.62. The zero-order chi connectivity index (χ0) is 6.93. The molecule has 4 fully saturated rings. The van der Waals surface area contributed by atoms with Crippen molar-refractivity contribution in [1.82, 2.24) is 0 Å². The van der Waals surface area contributed by atoms with Gasteiger partial charge in [0.25, 0.3) is 0 Å². The van der Waals surface area contributed by atoms with Crippen LogP contribution in [0.15, 0.2) is 0 Å². The van der Waals surface area contributed by atoms with Crippen LogP contribution < -0.4 is 0 Å².